The van der Waals surface area contributed by atoms with Gasteiger partial charge >= 0.3 is 13.8 Å². The topological polar surface area (TPSA) is 165 Å². The van der Waals surface area contributed by atoms with Crippen LogP contribution in [0.1, 0.15) is 82.2 Å². The summed E-state index contributed by atoms with van der Waals surface area (Å²) in [6.45, 7) is 7.63. The summed E-state index contributed by atoms with van der Waals surface area (Å²) < 4.78 is 78.6. The minimum absolute atomic E-state index is 0.0409. The van der Waals surface area contributed by atoms with E-state index in [0.717, 1.165) is 6.07 Å². The average Bonchev–Trinajstić information content (AvgIpc) is 3.57. The molecular formula is C42H60F4N7O6P. The highest BCUT2D eigenvalue weighted by Crippen LogP contribution is 2.50. The lowest BCUT2D eigenvalue weighted by Crippen LogP contribution is -2.67. The van der Waals surface area contributed by atoms with Gasteiger partial charge in [-0.2, -0.15) is 13.2 Å². The summed E-state index contributed by atoms with van der Waals surface area (Å²) in [6.07, 6.45) is -3.27. The van der Waals surface area contributed by atoms with Gasteiger partial charge in [-0.05, 0) is 89.0 Å². The first-order chi connectivity index (χ1) is 28.2. The number of fused-ring (bicyclic) bond motifs is 3. The maximum Gasteiger partial charge on any atom is 0.418 e. The van der Waals surface area contributed by atoms with E-state index >= 15 is 0 Å². The van der Waals surface area contributed by atoms with E-state index < -0.39 is 72.4 Å². The van der Waals surface area contributed by atoms with Crippen molar-refractivity contribution in [2.45, 2.75) is 103 Å². The molecule has 1 aliphatic carbocycles. The maximum atomic E-state index is 14.8. The van der Waals surface area contributed by atoms with E-state index in [1.807, 2.05) is 13.8 Å². The van der Waals surface area contributed by atoms with Gasteiger partial charge in [-0.1, -0.05) is 70.9 Å². The van der Waals surface area contributed by atoms with Crippen molar-refractivity contribution in [1.29, 1.82) is 0 Å². The second-order valence-electron chi connectivity index (χ2n) is 16.1. The molecule has 4 rings (SSSR count). The quantitative estimate of drug-likeness (QED) is 0.0516. The third-order valence-electron chi connectivity index (χ3n) is 11.5. The molecule has 332 valence electrons. The highest BCUT2D eigenvalue weighted by atomic mass is 31.2. The molecule has 13 nitrogen and oxygen atoms in total. The first-order valence-electron chi connectivity index (χ1n) is 20.4. The predicted molar refractivity (Wildman–Crippen MR) is 222 cm³/mol. The number of aromatic nitrogens is 1. The molecular weight excluding hydrogens is 805 g/mol. The monoisotopic (exact) mass is 865 g/mol. The lowest BCUT2D eigenvalue weighted by molar-refractivity contribution is -0.139. The Morgan fingerprint density at radius 2 is 1.53 bits per heavy atom. The standard InChI is InChI=1S/C42H60F4N7O6P/c1-9-26(3)35(38(55)47-22-13-14-23-59-60(58,52(5)6)53(7)8)50-40(57)41(21-20-33-30(25-41)29-17-15-18-31(37(29)48-33)42(44,45)46)51-39(56)36(27(4)10-2)49-34(54)24-28-16-11-12-19-32(28)43/h11-12,15-19,26-27,35-36,48H,9-10,13-14,20-25H2,1-8H3,(H,47,55)(H,49,54)(H,50,57)(H,51,56)/t26?,27?,35-,36-,41+/m0/s1. The van der Waals surface area contributed by atoms with Crippen molar-refractivity contribution in [2.24, 2.45) is 11.8 Å². The lowest BCUT2D eigenvalue weighted by Gasteiger charge is -2.39. The molecule has 18 heteroatoms. The van der Waals surface area contributed by atoms with E-state index in [4.69, 9.17) is 4.52 Å². The van der Waals surface area contributed by atoms with Crippen LogP contribution in [0.25, 0.3) is 10.9 Å². The number of amides is 4. The first kappa shape index (κ1) is 48.4. The summed E-state index contributed by atoms with van der Waals surface area (Å²) in [5.74, 6) is -3.90. The summed E-state index contributed by atoms with van der Waals surface area (Å²) in [4.78, 5) is 59.1. The van der Waals surface area contributed by atoms with E-state index in [1.54, 1.807) is 48.1 Å². The number of nitrogens with one attached hydrogen (secondary N) is 5. The minimum Gasteiger partial charge on any atom is -0.358 e. The van der Waals surface area contributed by atoms with Gasteiger partial charge in [0.1, 0.15) is 23.4 Å². The molecule has 0 spiro atoms. The second-order valence-corrected chi connectivity index (χ2v) is 18.9. The van der Waals surface area contributed by atoms with Crippen LogP contribution in [-0.4, -0.2) is 96.9 Å². The van der Waals surface area contributed by atoms with Gasteiger partial charge in [0, 0.05) is 24.0 Å². The molecule has 2 unspecified atom stereocenters. The molecule has 0 bridgehead atoms. The van der Waals surface area contributed by atoms with Gasteiger partial charge in [0.15, 0.2) is 0 Å². The van der Waals surface area contributed by atoms with Crippen LogP contribution in [0.3, 0.4) is 0 Å². The van der Waals surface area contributed by atoms with E-state index in [1.165, 1.54) is 39.7 Å². The van der Waals surface area contributed by atoms with Crippen molar-refractivity contribution in [3.8, 4) is 0 Å². The second kappa shape index (κ2) is 20.5. The van der Waals surface area contributed by atoms with Crippen LogP contribution in [0.15, 0.2) is 42.5 Å². The number of alkyl halides is 3. The Morgan fingerprint density at radius 3 is 2.13 bits per heavy atom. The Kier molecular flexibility index (Phi) is 16.5. The van der Waals surface area contributed by atoms with Crippen molar-refractivity contribution >= 4 is 42.2 Å². The maximum absolute atomic E-state index is 14.8. The number of halogens is 4. The highest BCUT2D eigenvalue weighted by molar-refractivity contribution is 7.53. The van der Waals surface area contributed by atoms with Crippen LogP contribution in [0.2, 0.25) is 0 Å². The third-order valence-corrected chi connectivity index (χ3v) is 14.0. The number of para-hydroxylation sites is 1. The zero-order valence-electron chi connectivity index (χ0n) is 35.7. The molecule has 3 aromatic rings. The van der Waals surface area contributed by atoms with E-state index in [0.29, 0.717) is 36.9 Å². The van der Waals surface area contributed by atoms with Gasteiger partial charge in [-0.15, -0.1) is 0 Å². The Morgan fingerprint density at radius 1 is 0.900 bits per heavy atom. The van der Waals surface area contributed by atoms with Crippen LogP contribution >= 0.6 is 7.67 Å². The summed E-state index contributed by atoms with van der Waals surface area (Å²) in [7, 11) is 3.47. The summed E-state index contributed by atoms with van der Waals surface area (Å²) in [5, 5.41) is 11.6. The average molecular weight is 866 g/mol. The summed E-state index contributed by atoms with van der Waals surface area (Å²) in [5.41, 5.74) is -1.72. The van der Waals surface area contributed by atoms with Gasteiger partial charge < -0.3 is 30.8 Å². The zero-order valence-corrected chi connectivity index (χ0v) is 36.6. The molecule has 0 saturated heterocycles. The Bertz CT molecular complexity index is 2030. The first-order valence-corrected chi connectivity index (χ1v) is 21.9. The van der Waals surface area contributed by atoms with Gasteiger partial charge in [0.2, 0.25) is 23.6 Å². The van der Waals surface area contributed by atoms with Crippen molar-refractivity contribution in [2.75, 3.05) is 41.3 Å². The highest BCUT2D eigenvalue weighted by Gasteiger charge is 2.47. The minimum atomic E-state index is -4.66. The number of aromatic amines is 1. The summed E-state index contributed by atoms with van der Waals surface area (Å²) >= 11 is 0. The number of hydrogen-bond acceptors (Lipinski definition) is 6. The Hall–Kier alpha value is -4.31. The fourth-order valence-corrected chi connectivity index (χ4v) is 8.97. The van der Waals surface area contributed by atoms with E-state index in [9.17, 15) is 41.3 Å². The van der Waals surface area contributed by atoms with Crippen LogP contribution in [0, 0.1) is 17.7 Å². The zero-order chi connectivity index (χ0) is 44.6. The summed E-state index contributed by atoms with van der Waals surface area (Å²) in [6, 6.07) is 7.35. The Balaban J connectivity index is 1.62. The number of hydrogen-bond donors (Lipinski definition) is 5. The molecule has 4 amide bonds. The SMILES string of the molecule is CCC(C)[C@H](NC(=O)Cc1ccccc1F)C(=O)N[C@]1(C(=O)N[C@H](C(=O)NCCCCOP(=O)(N(C)C)N(C)C)C(C)CC)CCc2[nH]c3c(C(F)(F)F)cccc3c2C1. The van der Waals surface area contributed by atoms with Crippen molar-refractivity contribution in [1.82, 2.24) is 35.6 Å². The van der Waals surface area contributed by atoms with Crippen LogP contribution in [-0.2, 0) is 53.7 Å². The molecule has 0 radical (unpaired) electrons. The van der Waals surface area contributed by atoms with Crippen molar-refractivity contribution < 1.29 is 45.8 Å². The van der Waals surface area contributed by atoms with Gasteiger partial charge in [0.25, 0.3) is 0 Å². The molecule has 0 saturated carbocycles. The van der Waals surface area contributed by atoms with Crippen molar-refractivity contribution in [3.63, 3.8) is 0 Å². The number of aryl methyl sites for hydroxylation is 1. The van der Waals surface area contributed by atoms with Crippen LogP contribution in [0.5, 0.6) is 0 Å². The number of H-pyrrole nitrogens is 1. The Labute approximate surface area is 349 Å². The molecule has 60 heavy (non-hydrogen) atoms. The fraction of sp³-hybridized carbons (Fsp3) is 0.571. The number of carbonyl (C=O) groups is 4. The van der Waals surface area contributed by atoms with Crippen LogP contribution < -0.4 is 21.3 Å². The van der Waals surface area contributed by atoms with Gasteiger partial charge in [-0.25, -0.2) is 13.7 Å². The number of carbonyl (C=O) groups excluding carboxylic acids is 4. The number of unbranched alkanes of at least 4 members (excludes halogenated alkanes) is 1. The molecule has 5 atom stereocenters. The smallest absolute Gasteiger partial charge is 0.358 e. The lowest BCUT2D eigenvalue weighted by atomic mass is 9.78. The largest absolute Gasteiger partial charge is 0.418 e. The number of benzene rings is 2. The van der Waals surface area contributed by atoms with Gasteiger partial charge in [0.05, 0.1) is 24.1 Å². The molecule has 1 aromatic heterocycles. The van der Waals surface area contributed by atoms with Gasteiger partial charge in [-0.3, -0.25) is 23.7 Å². The third kappa shape index (κ3) is 11.3. The normalized spacial score (nSPS) is 17.8. The number of nitrogens with zero attached hydrogens (tertiary/aromatic N) is 2. The predicted octanol–water partition coefficient (Wildman–Crippen LogP) is 6.12. The van der Waals surface area contributed by atoms with E-state index in [-0.39, 0.29) is 61.2 Å². The molecule has 2 aromatic carbocycles. The molecule has 0 fully saturated rings. The van der Waals surface area contributed by atoms with Crippen molar-refractivity contribution in [3.05, 3.63) is 70.7 Å². The van der Waals surface area contributed by atoms with Crippen LogP contribution in [0.4, 0.5) is 17.6 Å². The molecule has 0 aliphatic heterocycles. The fourth-order valence-electron chi connectivity index (χ4n) is 7.42. The van der Waals surface area contributed by atoms with E-state index in [2.05, 4.69) is 26.3 Å². The molecule has 5 N–H and O–H groups in total. The molecule has 1 heterocycles. The number of rotatable bonds is 20. The molecule has 1 aliphatic rings.